The highest BCUT2D eigenvalue weighted by Gasteiger charge is 2.18. The third kappa shape index (κ3) is 4.87. The van der Waals surface area contributed by atoms with Crippen LogP contribution < -0.4 is 10.6 Å². The molecule has 106 valence electrons. The van der Waals surface area contributed by atoms with Crippen molar-refractivity contribution in [3.63, 3.8) is 0 Å². The molecule has 0 radical (unpaired) electrons. The largest absolute Gasteiger partial charge is 0.387 e. The molecular formula is C14H24N4O. The van der Waals surface area contributed by atoms with Gasteiger partial charge in [-0.3, -0.25) is 4.79 Å². The van der Waals surface area contributed by atoms with E-state index in [4.69, 9.17) is 0 Å². The molecule has 0 aliphatic carbocycles. The minimum atomic E-state index is -0.122. The van der Waals surface area contributed by atoms with Crippen molar-refractivity contribution in [2.24, 2.45) is 5.92 Å². The summed E-state index contributed by atoms with van der Waals surface area (Å²) in [6.07, 6.45) is 1.66. The van der Waals surface area contributed by atoms with Crippen molar-refractivity contribution in [1.29, 1.82) is 0 Å². The average molecular weight is 264 g/mol. The summed E-state index contributed by atoms with van der Waals surface area (Å²) in [5, 5.41) is 6.02. The number of pyridine rings is 1. The molecule has 0 fully saturated rings. The monoisotopic (exact) mass is 264 g/mol. The first kappa shape index (κ1) is 15.4. The molecule has 5 nitrogen and oxygen atoms in total. The Morgan fingerprint density at radius 3 is 2.47 bits per heavy atom. The van der Waals surface area contributed by atoms with E-state index in [1.165, 1.54) is 0 Å². The van der Waals surface area contributed by atoms with Gasteiger partial charge in [0, 0.05) is 19.6 Å². The van der Waals surface area contributed by atoms with Gasteiger partial charge in [-0.05, 0) is 32.1 Å². The molecule has 1 aromatic heterocycles. The zero-order chi connectivity index (χ0) is 14.4. The summed E-state index contributed by atoms with van der Waals surface area (Å²) < 4.78 is 0. The number of amides is 1. The summed E-state index contributed by atoms with van der Waals surface area (Å²) in [4.78, 5) is 18.4. The van der Waals surface area contributed by atoms with Crippen molar-refractivity contribution in [3.8, 4) is 0 Å². The number of carbonyl (C=O) groups is 1. The first-order valence-corrected chi connectivity index (χ1v) is 6.53. The molecule has 0 spiro atoms. The minimum absolute atomic E-state index is 0.119. The lowest BCUT2D eigenvalue weighted by molar-refractivity contribution is 0.0911. The summed E-state index contributed by atoms with van der Waals surface area (Å²) in [6, 6.07) is 3.69. The van der Waals surface area contributed by atoms with Crippen LogP contribution in [-0.4, -0.2) is 49.5 Å². The SMILES string of the molecule is CNc1ccc(C(=O)NC(CN(C)C)C(C)C)nc1. The molecule has 0 aromatic carbocycles. The maximum absolute atomic E-state index is 12.1. The van der Waals surface area contributed by atoms with Crippen LogP contribution in [0.25, 0.3) is 0 Å². The van der Waals surface area contributed by atoms with E-state index in [0.29, 0.717) is 11.6 Å². The van der Waals surface area contributed by atoms with Crippen molar-refractivity contribution in [2.45, 2.75) is 19.9 Å². The lowest BCUT2D eigenvalue weighted by atomic mass is 10.0. The number of nitrogens with zero attached hydrogens (tertiary/aromatic N) is 2. The lowest BCUT2D eigenvalue weighted by Gasteiger charge is -2.25. The number of hydrogen-bond donors (Lipinski definition) is 2. The Morgan fingerprint density at radius 1 is 1.37 bits per heavy atom. The van der Waals surface area contributed by atoms with Crippen LogP contribution in [0.5, 0.6) is 0 Å². The van der Waals surface area contributed by atoms with Gasteiger partial charge < -0.3 is 15.5 Å². The number of likely N-dealkylation sites (N-methyl/N-ethyl adjacent to an activating group) is 1. The van der Waals surface area contributed by atoms with Crippen molar-refractivity contribution < 1.29 is 4.79 Å². The van der Waals surface area contributed by atoms with Crippen LogP contribution in [0.15, 0.2) is 18.3 Å². The fourth-order valence-corrected chi connectivity index (χ4v) is 1.73. The highest BCUT2D eigenvalue weighted by atomic mass is 16.1. The predicted octanol–water partition coefficient (Wildman–Crippen LogP) is 1.44. The third-order valence-electron chi connectivity index (χ3n) is 2.97. The predicted molar refractivity (Wildman–Crippen MR) is 78.4 cm³/mol. The fourth-order valence-electron chi connectivity index (χ4n) is 1.73. The van der Waals surface area contributed by atoms with Gasteiger partial charge in [-0.25, -0.2) is 4.98 Å². The van der Waals surface area contributed by atoms with Gasteiger partial charge in [0.05, 0.1) is 11.9 Å². The van der Waals surface area contributed by atoms with Crippen LogP contribution >= 0.6 is 0 Å². The van der Waals surface area contributed by atoms with Crippen LogP contribution in [0, 0.1) is 5.92 Å². The van der Waals surface area contributed by atoms with Crippen molar-refractivity contribution in [3.05, 3.63) is 24.0 Å². The number of rotatable bonds is 6. The van der Waals surface area contributed by atoms with Crippen LogP contribution in [0.2, 0.25) is 0 Å². The number of nitrogens with one attached hydrogen (secondary N) is 2. The first-order chi connectivity index (χ1) is 8.93. The van der Waals surface area contributed by atoms with Crippen LogP contribution in [-0.2, 0) is 0 Å². The highest BCUT2D eigenvalue weighted by Crippen LogP contribution is 2.07. The second kappa shape index (κ2) is 7.09. The average Bonchev–Trinajstić information content (AvgIpc) is 2.37. The molecule has 1 aromatic rings. The van der Waals surface area contributed by atoms with E-state index in [-0.39, 0.29) is 11.9 Å². The van der Waals surface area contributed by atoms with E-state index < -0.39 is 0 Å². The van der Waals surface area contributed by atoms with E-state index in [1.54, 1.807) is 12.3 Å². The number of carbonyl (C=O) groups excluding carboxylic acids is 1. The van der Waals surface area contributed by atoms with E-state index in [0.717, 1.165) is 12.2 Å². The lowest BCUT2D eigenvalue weighted by Crippen LogP contribution is -2.45. The standard InChI is InChI=1S/C14H24N4O/c1-10(2)13(9-18(4)5)17-14(19)12-7-6-11(15-3)8-16-12/h6-8,10,13,15H,9H2,1-5H3,(H,17,19). The molecule has 1 unspecified atom stereocenters. The summed E-state index contributed by atoms with van der Waals surface area (Å²) in [5.74, 6) is 0.256. The molecule has 0 saturated carbocycles. The summed E-state index contributed by atoms with van der Waals surface area (Å²) in [5.41, 5.74) is 1.34. The molecule has 0 aliphatic heterocycles. The Hall–Kier alpha value is -1.62. The van der Waals surface area contributed by atoms with E-state index in [1.807, 2.05) is 27.2 Å². The molecule has 2 N–H and O–H groups in total. The molecule has 1 heterocycles. The Bertz CT molecular complexity index is 400. The van der Waals surface area contributed by atoms with Gasteiger partial charge in [-0.2, -0.15) is 0 Å². The Kier molecular flexibility index (Phi) is 5.76. The maximum Gasteiger partial charge on any atom is 0.270 e. The number of aromatic nitrogens is 1. The van der Waals surface area contributed by atoms with Crippen molar-refractivity contribution in [1.82, 2.24) is 15.2 Å². The zero-order valence-electron chi connectivity index (χ0n) is 12.4. The normalized spacial score (nSPS) is 12.6. The second-order valence-corrected chi connectivity index (χ2v) is 5.27. The van der Waals surface area contributed by atoms with Crippen LogP contribution in [0.3, 0.4) is 0 Å². The third-order valence-corrected chi connectivity index (χ3v) is 2.97. The fraction of sp³-hybridized carbons (Fsp3) is 0.571. The summed E-state index contributed by atoms with van der Waals surface area (Å²) in [6.45, 7) is 5.02. The Labute approximate surface area is 115 Å². The molecule has 1 amide bonds. The van der Waals surface area contributed by atoms with E-state index >= 15 is 0 Å². The summed E-state index contributed by atoms with van der Waals surface area (Å²) >= 11 is 0. The quantitative estimate of drug-likeness (QED) is 0.816. The van der Waals surface area contributed by atoms with Gasteiger partial charge in [-0.1, -0.05) is 13.8 Å². The smallest absolute Gasteiger partial charge is 0.270 e. The molecule has 0 saturated heterocycles. The Balaban J connectivity index is 2.70. The summed E-state index contributed by atoms with van der Waals surface area (Å²) in [7, 11) is 5.83. The molecule has 5 heteroatoms. The van der Waals surface area contributed by atoms with Gasteiger partial charge in [0.2, 0.25) is 0 Å². The molecule has 1 rings (SSSR count). The first-order valence-electron chi connectivity index (χ1n) is 6.53. The number of hydrogen-bond acceptors (Lipinski definition) is 4. The van der Waals surface area contributed by atoms with Gasteiger partial charge in [-0.15, -0.1) is 0 Å². The molecule has 0 aliphatic rings. The Morgan fingerprint density at radius 2 is 2.05 bits per heavy atom. The van der Waals surface area contributed by atoms with Crippen LogP contribution in [0.1, 0.15) is 24.3 Å². The van der Waals surface area contributed by atoms with Crippen molar-refractivity contribution in [2.75, 3.05) is 33.0 Å². The second-order valence-electron chi connectivity index (χ2n) is 5.27. The van der Waals surface area contributed by atoms with Gasteiger partial charge in [0.15, 0.2) is 0 Å². The van der Waals surface area contributed by atoms with Crippen molar-refractivity contribution >= 4 is 11.6 Å². The minimum Gasteiger partial charge on any atom is -0.387 e. The number of anilines is 1. The topological polar surface area (TPSA) is 57.3 Å². The highest BCUT2D eigenvalue weighted by molar-refractivity contribution is 5.92. The maximum atomic E-state index is 12.1. The molecule has 0 bridgehead atoms. The van der Waals surface area contributed by atoms with Gasteiger partial charge >= 0.3 is 0 Å². The molecule has 19 heavy (non-hydrogen) atoms. The zero-order valence-corrected chi connectivity index (χ0v) is 12.4. The van der Waals surface area contributed by atoms with E-state index in [9.17, 15) is 4.79 Å². The van der Waals surface area contributed by atoms with E-state index in [2.05, 4.69) is 34.4 Å². The van der Waals surface area contributed by atoms with Gasteiger partial charge in [0.1, 0.15) is 5.69 Å². The molecule has 1 atom stereocenters. The van der Waals surface area contributed by atoms with Crippen LogP contribution in [0.4, 0.5) is 5.69 Å². The molecular weight excluding hydrogens is 240 g/mol. The van der Waals surface area contributed by atoms with Gasteiger partial charge in [0.25, 0.3) is 5.91 Å².